The Morgan fingerprint density at radius 1 is 1.44 bits per heavy atom. The van der Waals surface area contributed by atoms with E-state index in [1.165, 1.54) is 0 Å². The summed E-state index contributed by atoms with van der Waals surface area (Å²) in [5.41, 5.74) is 8.45. The molecule has 1 aromatic carbocycles. The van der Waals surface area contributed by atoms with E-state index in [9.17, 15) is 4.39 Å². The van der Waals surface area contributed by atoms with Gasteiger partial charge in [0.25, 0.3) is 0 Å². The molecule has 0 aliphatic carbocycles. The predicted octanol–water partition coefficient (Wildman–Crippen LogP) is 3.00. The van der Waals surface area contributed by atoms with Crippen LogP contribution in [0.15, 0.2) is 12.1 Å². The molecule has 1 unspecified atom stereocenters. The quantitative estimate of drug-likeness (QED) is 0.852. The number of hydrogen-bond acceptors (Lipinski definition) is 2. The van der Waals surface area contributed by atoms with Gasteiger partial charge in [-0.15, -0.1) is 0 Å². The van der Waals surface area contributed by atoms with Gasteiger partial charge in [0.1, 0.15) is 5.82 Å². The fraction of sp³-hybridized carbons (Fsp3) is 0.538. The topological polar surface area (TPSA) is 29.3 Å². The van der Waals surface area contributed by atoms with Gasteiger partial charge in [0.2, 0.25) is 0 Å². The average molecular weight is 224 g/mol. The molecule has 0 spiro atoms. The third-order valence-electron chi connectivity index (χ3n) is 2.77. The predicted molar refractivity (Wildman–Crippen MR) is 67.3 cm³/mol. The van der Waals surface area contributed by atoms with Gasteiger partial charge in [-0.05, 0) is 43.5 Å². The molecular formula is C13H21FN2. The molecule has 0 aliphatic rings. The molecule has 2 N–H and O–H groups in total. The molecule has 0 saturated heterocycles. The van der Waals surface area contributed by atoms with Gasteiger partial charge in [0, 0.05) is 25.3 Å². The molecule has 0 fully saturated rings. The van der Waals surface area contributed by atoms with Crippen molar-refractivity contribution in [3.05, 3.63) is 29.1 Å². The van der Waals surface area contributed by atoms with Crippen molar-refractivity contribution in [1.82, 2.24) is 0 Å². The monoisotopic (exact) mass is 224 g/mol. The Labute approximate surface area is 97.3 Å². The Morgan fingerprint density at radius 3 is 2.56 bits per heavy atom. The zero-order chi connectivity index (χ0) is 12.3. The van der Waals surface area contributed by atoms with Crippen molar-refractivity contribution in [1.29, 1.82) is 0 Å². The summed E-state index contributed by atoms with van der Waals surface area (Å²) in [5, 5.41) is 0. The second kappa shape index (κ2) is 5.30. The minimum absolute atomic E-state index is 0.149. The zero-order valence-corrected chi connectivity index (χ0v) is 10.5. The molecule has 0 saturated carbocycles. The Balaban J connectivity index is 3.19. The molecule has 0 heterocycles. The van der Waals surface area contributed by atoms with E-state index in [0.717, 1.165) is 24.2 Å². The summed E-state index contributed by atoms with van der Waals surface area (Å²) < 4.78 is 13.5. The van der Waals surface area contributed by atoms with Gasteiger partial charge in [-0.3, -0.25) is 0 Å². The third-order valence-corrected chi connectivity index (χ3v) is 2.77. The second-order valence-corrected chi connectivity index (χ2v) is 4.37. The largest absolute Gasteiger partial charge is 0.374 e. The molecule has 3 heteroatoms. The molecule has 1 rings (SSSR count). The smallest absolute Gasteiger partial charge is 0.126 e. The summed E-state index contributed by atoms with van der Waals surface area (Å²) in [6.45, 7) is 6.74. The number of nitrogens with two attached hydrogens (primary N) is 1. The highest BCUT2D eigenvalue weighted by Gasteiger charge is 2.13. The standard InChI is InChI=1S/C13H21FN2/c1-5-6-16(4)13-7-9(2)12(14)8-11(13)10(3)15/h7-8,10H,5-6,15H2,1-4H3. The number of hydrogen-bond donors (Lipinski definition) is 1. The molecule has 0 bridgehead atoms. The lowest BCUT2D eigenvalue weighted by Gasteiger charge is -2.24. The van der Waals surface area contributed by atoms with E-state index in [4.69, 9.17) is 5.73 Å². The first-order chi connectivity index (χ1) is 7.47. The van der Waals surface area contributed by atoms with Crippen LogP contribution in [0.5, 0.6) is 0 Å². The first-order valence-corrected chi connectivity index (χ1v) is 5.74. The minimum Gasteiger partial charge on any atom is -0.374 e. The van der Waals surface area contributed by atoms with Crippen LogP contribution >= 0.6 is 0 Å². The highest BCUT2D eigenvalue weighted by Crippen LogP contribution is 2.27. The number of rotatable bonds is 4. The molecule has 16 heavy (non-hydrogen) atoms. The normalized spacial score (nSPS) is 12.6. The van der Waals surface area contributed by atoms with Crippen molar-refractivity contribution in [2.75, 3.05) is 18.5 Å². The first-order valence-electron chi connectivity index (χ1n) is 5.74. The maximum Gasteiger partial charge on any atom is 0.126 e. The van der Waals surface area contributed by atoms with Crippen LogP contribution in [0.25, 0.3) is 0 Å². The maximum absolute atomic E-state index is 13.5. The van der Waals surface area contributed by atoms with Crippen molar-refractivity contribution in [2.24, 2.45) is 5.73 Å². The average Bonchev–Trinajstić information content (AvgIpc) is 2.21. The van der Waals surface area contributed by atoms with E-state index in [2.05, 4.69) is 11.8 Å². The van der Waals surface area contributed by atoms with E-state index < -0.39 is 0 Å². The van der Waals surface area contributed by atoms with Crippen molar-refractivity contribution >= 4 is 5.69 Å². The van der Waals surface area contributed by atoms with Crippen molar-refractivity contribution in [3.8, 4) is 0 Å². The summed E-state index contributed by atoms with van der Waals surface area (Å²) in [4.78, 5) is 2.13. The summed E-state index contributed by atoms with van der Waals surface area (Å²) >= 11 is 0. The van der Waals surface area contributed by atoms with Crippen LogP contribution in [0.1, 0.15) is 37.4 Å². The van der Waals surface area contributed by atoms with Crippen LogP contribution in [-0.2, 0) is 0 Å². The number of benzene rings is 1. The molecular weight excluding hydrogens is 203 g/mol. The molecule has 0 radical (unpaired) electrons. The van der Waals surface area contributed by atoms with E-state index in [0.29, 0.717) is 5.56 Å². The summed E-state index contributed by atoms with van der Waals surface area (Å²) in [7, 11) is 2.02. The van der Waals surface area contributed by atoms with Gasteiger partial charge in [-0.2, -0.15) is 0 Å². The first kappa shape index (κ1) is 13.0. The lowest BCUT2D eigenvalue weighted by Crippen LogP contribution is -2.21. The Hall–Kier alpha value is -1.09. The van der Waals surface area contributed by atoms with Crippen LogP contribution in [0.2, 0.25) is 0 Å². The number of halogens is 1. The fourth-order valence-electron chi connectivity index (χ4n) is 1.83. The van der Waals surface area contributed by atoms with E-state index in [1.807, 2.05) is 20.0 Å². The minimum atomic E-state index is -0.180. The molecule has 0 amide bonds. The molecule has 1 aromatic rings. The SMILES string of the molecule is CCCN(C)c1cc(C)c(F)cc1C(C)N. The molecule has 0 aromatic heterocycles. The van der Waals surface area contributed by atoms with Gasteiger partial charge in [-0.1, -0.05) is 6.92 Å². The number of aryl methyl sites for hydroxylation is 1. The fourth-order valence-corrected chi connectivity index (χ4v) is 1.83. The highest BCUT2D eigenvalue weighted by molar-refractivity contribution is 5.56. The van der Waals surface area contributed by atoms with E-state index in [1.54, 1.807) is 13.0 Å². The van der Waals surface area contributed by atoms with Gasteiger partial charge in [0.05, 0.1) is 0 Å². The van der Waals surface area contributed by atoms with Crippen LogP contribution in [0, 0.1) is 12.7 Å². The highest BCUT2D eigenvalue weighted by atomic mass is 19.1. The summed E-state index contributed by atoms with van der Waals surface area (Å²) in [6, 6.07) is 3.29. The molecule has 90 valence electrons. The van der Waals surface area contributed by atoms with Gasteiger partial charge < -0.3 is 10.6 Å². The van der Waals surface area contributed by atoms with E-state index >= 15 is 0 Å². The lowest BCUT2D eigenvalue weighted by atomic mass is 10.0. The van der Waals surface area contributed by atoms with Gasteiger partial charge in [-0.25, -0.2) is 4.39 Å². The second-order valence-electron chi connectivity index (χ2n) is 4.37. The maximum atomic E-state index is 13.5. The number of anilines is 1. The Morgan fingerprint density at radius 2 is 2.06 bits per heavy atom. The number of nitrogens with zero attached hydrogens (tertiary/aromatic N) is 1. The lowest BCUT2D eigenvalue weighted by molar-refractivity contribution is 0.612. The van der Waals surface area contributed by atoms with Crippen molar-refractivity contribution in [2.45, 2.75) is 33.2 Å². The van der Waals surface area contributed by atoms with Crippen LogP contribution in [-0.4, -0.2) is 13.6 Å². The van der Waals surface area contributed by atoms with Crippen LogP contribution < -0.4 is 10.6 Å². The summed E-state index contributed by atoms with van der Waals surface area (Å²) in [6.07, 6.45) is 1.06. The zero-order valence-electron chi connectivity index (χ0n) is 10.5. The summed E-state index contributed by atoms with van der Waals surface area (Å²) in [5.74, 6) is -0.180. The Kier molecular flexibility index (Phi) is 4.30. The van der Waals surface area contributed by atoms with Crippen LogP contribution in [0.3, 0.4) is 0 Å². The van der Waals surface area contributed by atoms with E-state index in [-0.39, 0.29) is 11.9 Å². The van der Waals surface area contributed by atoms with Crippen molar-refractivity contribution in [3.63, 3.8) is 0 Å². The third kappa shape index (κ3) is 2.73. The van der Waals surface area contributed by atoms with Crippen LogP contribution in [0.4, 0.5) is 10.1 Å². The van der Waals surface area contributed by atoms with Gasteiger partial charge in [0.15, 0.2) is 0 Å². The Bertz CT molecular complexity index is 361. The molecule has 0 aliphatic heterocycles. The van der Waals surface area contributed by atoms with Gasteiger partial charge >= 0.3 is 0 Å². The van der Waals surface area contributed by atoms with Crippen molar-refractivity contribution < 1.29 is 4.39 Å². The molecule has 1 atom stereocenters. The molecule has 2 nitrogen and oxygen atoms in total.